The molecule has 0 heteroatoms. The summed E-state index contributed by atoms with van der Waals surface area (Å²) in [6.45, 7) is 4.02. The summed E-state index contributed by atoms with van der Waals surface area (Å²) in [6, 6.07) is 0. The Morgan fingerprint density at radius 1 is 1.23 bits per heavy atom. The molecule has 2 rings (SSSR count). The molecule has 0 N–H and O–H groups in total. The molecule has 0 spiro atoms. The van der Waals surface area contributed by atoms with Crippen LogP contribution in [0.25, 0.3) is 0 Å². The first-order valence-corrected chi connectivity index (χ1v) is 5.71. The summed E-state index contributed by atoms with van der Waals surface area (Å²) in [7, 11) is 0. The van der Waals surface area contributed by atoms with E-state index in [1.54, 1.807) is 0 Å². The fourth-order valence-corrected chi connectivity index (χ4v) is 3.04. The molecular weight excluding hydrogens is 156 g/mol. The molecule has 0 aromatic carbocycles. The van der Waals surface area contributed by atoms with E-state index in [0.29, 0.717) is 0 Å². The second kappa shape index (κ2) is 4.13. The lowest BCUT2D eigenvalue weighted by atomic mass is 9.80. The molecule has 2 unspecified atom stereocenters. The van der Waals surface area contributed by atoms with Gasteiger partial charge in [0.15, 0.2) is 0 Å². The Hall–Kier alpha value is -0.520. The van der Waals surface area contributed by atoms with Crippen molar-refractivity contribution in [3.05, 3.63) is 24.8 Å². The van der Waals surface area contributed by atoms with E-state index in [4.69, 9.17) is 0 Å². The monoisotopic (exact) mass is 176 g/mol. The van der Waals surface area contributed by atoms with Crippen molar-refractivity contribution in [1.82, 2.24) is 0 Å². The molecule has 1 saturated carbocycles. The van der Waals surface area contributed by atoms with E-state index in [9.17, 15) is 0 Å². The largest absolute Gasteiger partial charge is 0.103 e. The van der Waals surface area contributed by atoms with Gasteiger partial charge in [-0.1, -0.05) is 31.1 Å². The van der Waals surface area contributed by atoms with E-state index in [0.717, 1.165) is 17.8 Å². The van der Waals surface area contributed by atoms with Crippen LogP contribution in [0.1, 0.15) is 38.5 Å². The maximum atomic E-state index is 4.02. The van der Waals surface area contributed by atoms with E-state index >= 15 is 0 Å². The van der Waals surface area contributed by atoms with Gasteiger partial charge in [0.2, 0.25) is 0 Å². The van der Waals surface area contributed by atoms with Crippen LogP contribution < -0.4 is 0 Å². The molecule has 13 heavy (non-hydrogen) atoms. The molecule has 2 atom stereocenters. The summed E-state index contributed by atoms with van der Waals surface area (Å²) < 4.78 is 0. The normalized spacial score (nSPS) is 30.9. The van der Waals surface area contributed by atoms with Gasteiger partial charge in [-0.3, -0.25) is 0 Å². The molecule has 2 aliphatic carbocycles. The molecule has 0 saturated heterocycles. The van der Waals surface area contributed by atoms with Crippen LogP contribution in [-0.4, -0.2) is 0 Å². The van der Waals surface area contributed by atoms with Gasteiger partial charge in [0, 0.05) is 0 Å². The molecule has 1 fully saturated rings. The van der Waals surface area contributed by atoms with Crippen LogP contribution in [0.4, 0.5) is 0 Å². The molecule has 0 bridgehead atoms. The predicted octanol–water partition coefficient (Wildman–Crippen LogP) is 3.95. The first-order chi connectivity index (χ1) is 6.42. The lowest BCUT2D eigenvalue weighted by Gasteiger charge is -2.24. The van der Waals surface area contributed by atoms with Gasteiger partial charge in [-0.05, 0) is 43.4 Å². The highest BCUT2D eigenvalue weighted by molar-refractivity contribution is 5.04. The van der Waals surface area contributed by atoms with Crippen molar-refractivity contribution in [1.29, 1.82) is 0 Å². The van der Waals surface area contributed by atoms with Crippen molar-refractivity contribution in [2.75, 3.05) is 0 Å². The van der Waals surface area contributed by atoms with Crippen LogP contribution in [0, 0.1) is 17.8 Å². The zero-order valence-corrected chi connectivity index (χ0v) is 8.41. The third-order valence-corrected chi connectivity index (χ3v) is 3.76. The smallest absolute Gasteiger partial charge is 0.0145 e. The number of rotatable bonds is 3. The molecule has 0 aromatic heterocycles. The minimum atomic E-state index is 0.779. The first-order valence-electron chi connectivity index (χ1n) is 5.71. The molecular formula is C13H20. The van der Waals surface area contributed by atoms with Gasteiger partial charge in [-0.2, -0.15) is 0 Å². The summed E-state index contributed by atoms with van der Waals surface area (Å²) >= 11 is 0. The van der Waals surface area contributed by atoms with E-state index in [-0.39, 0.29) is 0 Å². The van der Waals surface area contributed by atoms with Crippen molar-refractivity contribution in [2.45, 2.75) is 38.5 Å². The summed E-state index contributed by atoms with van der Waals surface area (Å²) in [4.78, 5) is 0. The van der Waals surface area contributed by atoms with E-state index < -0.39 is 0 Å². The van der Waals surface area contributed by atoms with Crippen LogP contribution in [0.15, 0.2) is 24.8 Å². The Balaban J connectivity index is 1.98. The fourth-order valence-electron chi connectivity index (χ4n) is 3.04. The minimum absolute atomic E-state index is 0.779. The summed E-state index contributed by atoms with van der Waals surface area (Å²) in [5.74, 6) is 2.55. The third-order valence-electron chi connectivity index (χ3n) is 3.76. The van der Waals surface area contributed by atoms with Crippen LogP contribution >= 0.6 is 0 Å². The second-order valence-electron chi connectivity index (χ2n) is 4.53. The van der Waals surface area contributed by atoms with Gasteiger partial charge in [0.1, 0.15) is 0 Å². The Bertz CT molecular complexity index is 196. The molecule has 0 radical (unpaired) electrons. The van der Waals surface area contributed by atoms with E-state index in [1.165, 1.54) is 38.5 Å². The topological polar surface area (TPSA) is 0 Å². The lowest BCUT2D eigenvalue weighted by molar-refractivity contribution is 0.322. The predicted molar refractivity (Wildman–Crippen MR) is 57.5 cm³/mol. The number of hydrogen-bond acceptors (Lipinski definition) is 0. The molecule has 0 amide bonds. The van der Waals surface area contributed by atoms with Gasteiger partial charge in [-0.15, -0.1) is 6.58 Å². The average molecular weight is 176 g/mol. The van der Waals surface area contributed by atoms with Crippen molar-refractivity contribution in [3.8, 4) is 0 Å². The van der Waals surface area contributed by atoms with Crippen molar-refractivity contribution >= 4 is 0 Å². The van der Waals surface area contributed by atoms with Gasteiger partial charge < -0.3 is 0 Å². The Morgan fingerprint density at radius 2 is 2.00 bits per heavy atom. The lowest BCUT2D eigenvalue weighted by Crippen LogP contribution is -2.16. The summed E-state index contributed by atoms with van der Waals surface area (Å²) in [5, 5.41) is 0. The van der Waals surface area contributed by atoms with Gasteiger partial charge in [-0.25, -0.2) is 0 Å². The highest BCUT2D eigenvalue weighted by Crippen LogP contribution is 2.39. The summed E-state index contributed by atoms with van der Waals surface area (Å²) in [5.41, 5.74) is 0. The quantitative estimate of drug-likeness (QED) is 0.571. The van der Waals surface area contributed by atoms with Crippen LogP contribution in [-0.2, 0) is 0 Å². The van der Waals surface area contributed by atoms with Gasteiger partial charge >= 0.3 is 0 Å². The van der Waals surface area contributed by atoms with Gasteiger partial charge in [0.25, 0.3) is 0 Å². The van der Waals surface area contributed by atoms with E-state index in [1.807, 2.05) is 0 Å². The second-order valence-corrected chi connectivity index (χ2v) is 4.53. The Morgan fingerprint density at radius 3 is 2.54 bits per heavy atom. The van der Waals surface area contributed by atoms with Crippen molar-refractivity contribution in [2.24, 2.45) is 17.8 Å². The number of allylic oxidation sites excluding steroid dienone is 3. The maximum absolute atomic E-state index is 4.02. The van der Waals surface area contributed by atoms with Crippen LogP contribution in [0.2, 0.25) is 0 Å². The van der Waals surface area contributed by atoms with E-state index in [2.05, 4.69) is 24.8 Å². The SMILES string of the molecule is C=CC(C1C=CCC1)C1CCCC1. The summed E-state index contributed by atoms with van der Waals surface area (Å²) in [6.07, 6.45) is 15.4. The van der Waals surface area contributed by atoms with Crippen molar-refractivity contribution in [3.63, 3.8) is 0 Å². The van der Waals surface area contributed by atoms with Crippen molar-refractivity contribution < 1.29 is 0 Å². The Kier molecular flexibility index (Phi) is 2.87. The van der Waals surface area contributed by atoms with Crippen LogP contribution in [0.5, 0.6) is 0 Å². The fraction of sp³-hybridized carbons (Fsp3) is 0.692. The zero-order chi connectivity index (χ0) is 9.10. The van der Waals surface area contributed by atoms with Crippen LogP contribution in [0.3, 0.4) is 0 Å². The average Bonchev–Trinajstić information content (AvgIpc) is 2.76. The molecule has 2 aliphatic rings. The standard InChI is InChI=1S/C13H20/c1-2-13(11-7-3-4-8-11)12-9-5-6-10-12/h2-3,7,11-13H,1,4-6,8-10H2. The number of hydrogen-bond donors (Lipinski definition) is 0. The highest BCUT2D eigenvalue weighted by atomic mass is 14.3. The molecule has 0 nitrogen and oxygen atoms in total. The molecule has 0 heterocycles. The zero-order valence-electron chi connectivity index (χ0n) is 8.41. The molecule has 0 aliphatic heterocycles. The van der Waals surface area contributed by atoms with Gasteiger partial charge in [0.05, 0.1) is 0 Å². The maximum Gasteiger partial charge on any atom is -0.0145 e. The first kappa shape index (κ1) is 9.05. The minimum Gasteiger partial charge on any atom is -0.103 e. The molecule has 0 aromatic rings. The Labute approximate surface area is 81.7 Å². The third kappa shape index (κ3) is 1.87. The highest BCUT2D eigenvalue weighted by Gasteiger charge is 2.28. The molecule has 72 valence electrons.